The topological polar surface area (TPSA) is 64.6 Å². The number of amides is 1. The van der Waals surface area contributed by atoms with Gasteiger partial charge in [-0.15, -0.1) is 0 Å². The van der Waals surface area contributed by atoms with Crippen LogP contribution < -0.4 is 14.8 Å². The van der Waals surface area contributed by atoms with Crippen molar-refractivity contribution in [3.8, 4) is 11.5 Å². The van der Waals surface area contributed by atoms with E-state index in [-0.39, 0.29) is 24.3 Å². The molecule has 1 heterocycles. The first-order chi connectivity index (χ1) is 11.6. The van der Waals surface area contributed by atoms with Crippen LogP contribution in [-0.2, 0) is 4.79 Å². The van der Waals surface area contributed by atoms with Crippen LogP contribution >= 0.6 is 0 Å². The predicted octanol–water partition coefficient (Wildman–Crippen LogP) is 2.91. The molecule has 1 amide bonds. The van der Waals surface area contributed by atoms with Crippen LogP contribution in [0.1, 0.15) is 35.3 Å². The summed E-state index contributed by atoms with van der Waals surface area (Å²) in [6, 6.07) is 14.4. The molecule has 2 aromatic rings. The maximum absolute atomic E-state index is 12.2. The number of nitrogens with one attached hydrogen (secondary N) is 1. The van der Waals surface area contributed by atoms with Crippen molar-refractivity contribution in [3.63, 3.8) is 0 Å². The van der Waals surface area contributed by atoms with Gasteiger partial charge in [-0.2, -0.15) is 0 Å². The summed E-state index contributed by atoms with van der Waals surface area (Å²) in [5.41, 5.74) is 1.54. The Morgan fingerprint density at radius 3 is 2.88 bits per heavy atom. The van der Waals surface area contributed by atoms with Crippen LogP contribution in [-0.4, -0.2) is 24.9 Å². The van der Waals surface area contributed by atoms with Gasteiger partial charge in [-0.3, -0.25) is 9.59 Å². The van der Waals surface area contributed by atoms with Gasteiger partial charge in [-0.05, 0) is 25.1 Å². The van der Waals surface area contributed by atoms with Gasteiger partial charge in [0.1, 0.15) is 11.5 Å². The number of hydrogen-bond acceptors (Lipinski definition) is 4. The van der Waals surface area contributed by atoms with Crippen LogP contribution in [0.4, 0.5) is 0 Å². The van der Waals surface area contributed by atoms with Gasteiger partial charge in [0.15, 0.2) is 12.4 Å². The van der Waals surface area contributed by atoms with Crippen LogP contribution in [0, 0.1) is 0 Å². The fraction of sp³-hybridized carbons (Fsp3) is 0.263. The standard InChI is InChI=1S/C19H19NO4/c1-13(21)14-5-4-6-15(11-14)24-12-19(22)20-17-9-10-23-18-8-3-2-7-16(17)18/h2-8,11,17H,9-10,12H2,1H3,(H,20,22)/t17-/m1/s1. The lowest BCUT2D eigenvalue weighted by molar-refractivity contribution is -0.124. The molecule has 2 aromatic carbocycles. The zero-order valence-corrected chi connectivity index (χ0v) is 13.5. The highest BCUT2D eigenvalue weighted by atomic mass is 16.5. The molecule has 0 radical (unpaired) electrons. The molecule has 0 spiro atoms. The van der Waals surface area contributed by atoms with Gasteiger partial charge in [0.2, 0.25) is 0 Å². The van der Waals surface area contributed by atoms with E-state index in [1.807, 2.05) is 24.3 Å². The molecule has 5 nitrogen and oxygen atoms in total. The Labute approximate surface area is 140 Å². The van der Waals surface area contributed by atoms with Crippen molar-refractivity contribution in [2.45, 2.75) is 19.4 Å². The molecule has 1 aliphatic rings. The highest BCUT2D eigenvalue weighted by Crippen LogP contribution is 2.31. The first-order valence-electron chi connectivity index (χ1n) is 7.88. The van der Waals surface area contributed by atoms with E-state index in [0.717, 1.165) is 17.7 Å². The molecule has 3 rings (SSSR count). The SMILES string of the molecule is CC(=O)c1cccc(OCC(=O)N[C@@H]2CCOc3ccccc32)c1. The van der Waals surface area contributed by atoms with E-state index in [9.17, 15) is 9.59 Å². The lowest BCUT2D eigenvalue weighted by atomic mass is 10.0. The van der Waals surface area contributed by atoms with Gasteiger partial charge in [-0.1, -0.05) is 30.3 Å². The van der Waals surface area contributed by atoms with E-state index in [0.29, 0.717) is 17.9 Å². The van der Waals surface area contributed by atoms with Crippen molar-refractivity contribution in [3.05, 3.63) is 59.7 Å². The Morgan fingerprint density at radius 2 is 2.04 bits per heavy atom. The summed E-state index contributed by atoms with van der Waals surface area (Å²) >= 11 is 0. The second-order valence-electron chi connectivity index (χ2n) is 5.67. The third-order valence-electron chi connectivity index (χ3n) is 3.90. The Balaban J connectivity index is 1.59. The zero-order valence-electron chi connectivity index (χ0n) is 13.5. The number of fused-ring (bicyclic) bond motifs is 1. The molecule has 5 heteroatoms. The minimum Gasteiger partial charge on any atom is -0.493 e. The second-order valence-corrected chi connectivity index (χ2v) is 5.67. The number of para-hydroxylation sites is 1. The molecule has 0 saturated heterocycles. The Morgan fingerprint density at radius 1 is 1.21 bits per heavy atom. The minimum atomic E-state index is -0.204. The van der Waals surface area contributed by atoms with E-state index in [1.54, 1.807) is 24.3 Å². The van der Waals surface area contributed by atoms with E-state index in [2.05, 4.69) is 5.32 Å². The van der Waals surface area contributed by atoms with Gasteiger partial charge in [-0.25, -0.2) is 0 Å². The highest BCUT2D eigenvalue weighted by molar-refractivity contribution is 5.94. The fourth-order valence-electron chi connectivity index (χ4n) is 2.68. The molecule has 0 bridgehead atoms. The summed E-state index contributed by atoms with van der Waals surface area (Å²) in [5.74, 6) is 1.07. The number of Topliss-reactive ketones (excluding diaryl/α,β-unsaturated/α-hetero) is 1. The maximum atomic E-state index is 12.2. The summed E-state index contributed by atoms with van der Waals surface area (Å²) in [6.45, 7) is 1.97. The first kappa shape index (κ1) is 16.1. The Kier molecular flexibility index (Phi) is 4.79. The number of ketones is 1. The smallest absolute Gasteiger partial charge is 0.258 e. The van der Waals surface area contributed by atoms with Crippen molar-refractivity contribution in [2.75, 3.05) is 13.2 Å². The van der Waals surface area contributed by atoms with Crippen molar-refractivity contribution in [1.29, 1.82) is 0 Å². The molecule has 1 atom stereocenters. The maximum Gasteiger partial charge on any atom is 0.258 e. The molecule has 0 aliphatic carbocycles. The summed E-state index contributed by atoms with van der Waals surface area (Å²) in [5, 5.41) is 2.97. The first-order valence-corrected chi connectivity index (χ1v) is 7.88. The largest absolute Gasteiger partial charge is 0.493 e. The minimum absolute atomic E-state index is 0.0382. The van der Waals surface area contributed by atoms with Crippen molar-refractivity contribution >= 4 is 11.7 Å². The lowest BCUT2D eigenvalue weighted by Crippen LogP contribution is -2.35. The number of benzene rings is 2. The normalized spacial score (nSPS) is 15.8. The van der Waals surface area contributed by atoms with E-state index in [1.165, 1.54) is 6.92 Å². The molecule has 0 unspecified atom stereocenters. The van der Waals surface area contributed by atoms with Gasteiger partial charge >= 0.3 is 0 Å². The van der Waals surface area contributed by atoms with Crippen LogP contribution in [0.5, 0.6) is 11.5 Å². The van der Waals surface area contributed by atoms with Gasteiger partial charge in [0, 0.05) is 17.5 Å². The number of carbonyl (C=O) groups excluding carboxylic acids is 2. The summed E-state index contributed by atoms with van der Waals surface area (Å²) in [4.78, 5) is 23.5. The fourth-order valence-corrected chi connectivity index (χ4v) is 2.68. The van der Waals surface area contributed by atoms with E-state index in [4.69, 9.17) is 9.47 Å². The van der Waals surface area contributed by atoms with Crippen molar-refractivity contribution in [2.24, 2.45) is 0 Å². The number of hydrogen-bond donors (Lipinski definition) is 1. The molecular formula is C19H19NO4. The number of rotatable bonds is 5. The average Bonchev–Trinajstić information content (AvgIpc) is 2.60. The quantitative estimate of drug-likeness (QED) is 0.859. The highest BCUT2D eigenvalue weighted by Gasteiger charge is 2.22. The monoisotopic (exact) mass is 325 g/mol. The van der Waals surface area contributed by atoms with Crippen LogP contribution in [0.25, 0.3) is 0 Å². The molecule has 24 heavy (non-hydrogen) atoms. The molecular weight excluding hydrogens is 306 g/mol. The van der Waals surface area contributed by atoms with E-state index >= 15 is 0 Å². The molecule has 1 aliphatic heterocycles. The average molecular weight is 325 g/mol. The third-order valence-corrected chi connectivity index (χ3v) is 3.90. The van der Waals surface area contributed by atoms with Gasteiger partial charge in [0.05, 0.1) is 12.6 Å². The van der Waals surface area contributed by atoms with Gasteiger partial charge < -0.3 is 14.8 Å². The number of carbonyl (C=O) groups is 2. The zero-order chi connectivity index (χ0) is 16.9. The van der Waals surface area contributed by atoms with Crippen LogP contribution in [0.2, 0.25) is 0 Å². The van der Waals surface area contributed by atoms with Crippen molar-refractivity contribution in [1.82, 2.24) is 5.32 Å². The summed E-state index contributed by atoms with van der Waals surface area (Å²) < 4.78 is 11.1. The Bertz CT molecular complexity index is 757. The van der Waals surface area contributed by atoms with Crippen LogP contribution in [0.3, 0.4) is 0 Å². The molecule has 0 saturated carbocycles. The lowest BCUT2D eigenvalue weighted by Gasteiger charge is -2.26. The van der Waals surface area contributed by atoms with Crippen LogP contribution in [0.15, 0.2) is 48.5 Å². The predicted molar refractivity (Wildman–Crippen MR) is 89.4 cm³/mol. The summed E-state index contributed by atoms with van der Waals surface area (Å²) in [6.07, 6.45) is 0.725. The molecule has 124 valence electrons. The number of ether oxygens (including phenoxy) is 2. The molecule has 0 aromatic heterocycles. The molecule has 0 fully saturated rings. The Hall–Kier alpha value is -2.82. The van der Waals surface area contributed by atoms with Crippen molar-refractivity contribution < 1.29 is 19.1 Å². The second kappa shape index (κ2) is 7.17. The molecule has 1 N–H and O–H groups in total. The third kappa shape index (κ3) is 3.74. The van der Waals surface area contributed by atoms with Gasteiger partial charge in [0.25, 0.3) is 5.91 Å². The van der Waals surface area contributed by atoms with E-state index < -0.39 is 0 Å². The summed E-state index contributed by atoms with van der Waals surface area (Å²) in [7, 11) is 0.